The highest BCUT2D eigenvalue weighted by Gasteiger charge is 2.14. The van der Waals surface area contributed by atoms with Crippen molar-refractivity contribution in [2.45, 2.75) is 31.9 Å². The van der Waals surface area contributed by atoms with Gasteiger partial charge in [-0.25, -0.2) is 0 Å². The van der Waals surface area contributed by atoms with Crippen molar-refractivity contribution in [2.75, 3.05) is 13.2 Å². The lowest BCUT2D eigenvalue weighted by atomic mass is 10.2. The SMILES string of the molecule is Clc1cnccc1CNCCC1CCCO1. The van der Waals surface area contributed by atoms with Crippen LogP contribution in [0.15, 0.2) is 18.5 Å². The van der Waals surface area contributed by atoms with Crippen molar-refractivity contribution in [2.24, 2.45) is 0 Å². The van der Waals surface area contributed by atoms with Crippen LogP contribution in [0.2, 0.25) is 5.02 Å². The van der Waals surface area contributed by atoms with E-state index < -0.39 is 0 Å². The monoisotopic (exact) mass is 240 g/mol. The van der Waals surface area contributed by atoms with E-state index in [0.717, 1.165) is 36.7 Å². The van der Waals surface area contributed by atoms with Crippen molar-refractivity contribution < 1.29 is 4.74 Å². The van der Waals surface area contributed by atoms with Crippen LogP contribution in [-0.2, 0) is 11.3 Å². The summed E-state index contributed by atoms with van der Waals surface area (Å²) in [5, 5.41) is 4.11. The normalized spacial score (nSPS) is 20.2. The molecule has 1 saturated heterocycles. The van der Waals surface area contributed by atoms with Crippen LogP contribution in [0.1, 0.15) is 24.8 Å². The third-order valence-corrected chi connectivity index (χ3v) is 3.18. The second-order valence-electron chi connectivity index (χ2n) is 4.07. The van der Waals surface area contributed by atoms with Gasteiger partial charge in [0.05, 0.1) is 11.1 Å². The van der Waals surface area contributed by atoms with Gasteiger partial charge in [0, 0.05) is 25.5 Å². The average Bonchev–Trinajstić information content (AvgIpc) is 2.79. The largest absolute Gasteiger partial charge is 0.378 e. The highest BCUT2D eigenvalue weighted by Crippen LogP contribution is 2.15. The summed E-state index contributed by atoms with van der Waals surface area (Å²) < 4.78 is 5.55. The van der Waals surface area contributed by atoms with Crippen LogP contribution in [0.3, 0.4) is 0 Å². The van der Waals surface area contributed by atoms with Crippen LogP contribution >= 0.6 is 11.6 Å². The van der Waals surface area contributed by atoms with Crippen LogP contribution in [0, 0.1) is 0 Å². The summed E-state index contributed by atoms with van der Waals surface area (Å²) in [5.41, 5.74) is 1.10. The third-order valence-electron chi connectivity index (χ3n) is 2.84. The van der Waals surface area contributed by atoms with E-state index in [-0.39, 0.29) is 0 Å². The number of pyridine rings is 1. The second kappa shape index (κ2) is 6.18. The van der Waals surface area contributed by atoms with Gasteiger partial charge in [0.1, 0.15) is 0 Å². The van der Waals surface area contributed by atoms with Gasteiger partial charge in [-0.15, -0.1) is 0 Å². The van der Waals surface area contributed by atoms with Crippen molar-refractivity contribution in [1.29, 1.82) is 0 Å². The predicted octanol–water partition coefficient (Wildman–Crippen LogP) is 2.39. The van der Waals surface area contributed by atoms with Gasteiger partial charge in [0.25, 0.3) is 0 Å². The number of rotatable bonds is 5. The molecule has 1 aromatic heterocycles. The Morgan fingerprint density at radius 2 is 2.50 bits per heavy atom. The number of nitrogens with zero attached hydrogens (tertiary/aromatic N) is 1. The van der Waals surface area contributed by atoms with E-state index in [4.69, 9.17) is 16.3 Å². The van der Waals surface area contributed by atoms with Crippen LogP contribution < -0.4 is 5.32 Å². The molecule has 0 saturated carbocycles. The summed E-state index contributed by atoms with van der Waals surface area (Å²) in [5.74, 6) is 0. The highest BCUT2D eigenvalue weighted by atomic mass is 35.5. The Morgan fingerprint density at radius 3 is 3.25 bits per heavy atom. The molecule has 1 aliphatic rings. The number of ether oxygens (including phenoxy) is 1. The lowest BCUT2D eigenvalue weighted by Gasteiger charge is -2.10. The van der Waals surface area contributed by atoms with Crippen LogP contribution in [0.4, 0.5) is 0 Å². The Kier molecular flexibility index (Phi) is 4.57. The van der Waals surface area contributed by atoms with Crippen molar-refractivity contribution >= 4 is 11.6 Å². The quantitative estimate of drug-likeness (QED) is 0.803. The molecule has 4 heteroatoms. The van der Waals surface area contributed by atoms with Gasteiger partial charge in [-0.05, 0) is 37.4 Å². The summed E-state index contributed by atoms with van der Waals surface area (Å²) >= 11 is 6.00. The van der Waals surface area contributed by atoms with E-state index in [2.05, 4.69) is 10.3 Å². The lowest BCUT2D eigenvalue weighted by molar-refractivity contribution is 0.104. The smallest absolute Gasteiger partial charge is 0.0634 e. The van der Waals surface area contributed by atoms with Crippen molar-refractivity contribution in [3.63, 3.8) is 0 Å². The molecule has 16 heavy (non-hydrogen) atoms. The van der Waals surface area contributed by atoms with E-state index >= 15 is 0 Å². The summed E-state index contributed by atoms with van der Waals surface area (Å²) in [6, 6.07) is 1.95. The molecule has 0 radical (unpaired) electrons. The average molecular weight is 241 g/mol. The van der Waals surface area contributed by atoms with Crippen LogP contribution in [-0.4, -0.2) is 24.2 Å². The van der Waals surface area contributed by atoms with Gasteiger partial charge in [-0.3, -0.25) is 4.98 Å². The van der Waals surface area contributed by atoms with E-state index in [0.29, 0.717) is 6.10 Å². The highest BCUT2D eigenvalue weighted by molar-refractivity contribution is 6.31. The maximum atomic E-state index is 6.00. The fourth-order valence-electron chi connectivity index (χ4n) is 1.91. The molecule has 0 bridgehead atoms. The van der Waals surface area contributed by atoms with Crippen LogP contribution in [0.25, 0.3) is 0 Å². The Morgan fingerprint density at radius 1 is 1.56 bits per heavy atom. The zero-order valence-electron chi connectivity index (χ0n) is 9.29. The van der Waals surface area contributed by atoms with Crippen molar-refractivity contribution in [3.8, 4) is 0 Å². The second-order valence-corrected chi connectivity index (χ2v) is 4.47. The number of hydrogen-bond donors (Lipinski definition) is 1. The standard InChI is InChI=1S/C12H17ClN2O/c13-12-9-15-5-3-10(12)8-14-6-4-11-2-1-7-16-11/h3,5,9,11,14H,1-2,4,6-8H2. The van der Waals surface area contributed by atoms with Crippen molar-refractivity contribution in [1.82, 2.24) is 10.3 Å². The Bertz CT molecular complexity index is 327. The fourth-order valence-corrected chi connectivity index (χ4v) is 2.09. The maximum Gasteiger partial charge on any atom is 0.0634 e. The van der Waals surface area contributed by atoms with Gasteiger partial charge in [-0.2, -0.15) is 0 Å². The number of halogens is 1. The van der Waals surface area contributed by atoms with Crippen LogP contribution in [0.5, 0.6) is 0 Å². The maximum absolute atomic E-state index is 6.00. The molecule has 0 aromatic carbocycles. The van der Waals surface area contributed by atoms with E-state index in [1.165, 1.54) is 12.8 Å². The molecular weight excluding hydrogens is 224 g/mol. The number of nitrogens with one attached hydrogen (secondary N) is 1. The van der Waals surface area contributed by atoms with Gasteiger partial charge in [-0.1, -0.05) is 11.6 Å². The van der Waals surface area contributed by atoms with Gasteiger partial charge in [0.15, 0.2) is 0 Å². The molecule has 1 unspecified atom stereocenters. The molecule has 1 N–H and O–H groups in total. The first kappa shape index (κ1) is 11.8. The Hall–Kier alpha value is -0.640. The van der Waals surface area contributed by atoms with E-state index in [1.807, 2.05) is 6.07 Å². The summed E-state index contributed by atoms with van der Waals surface area (Å²) in [6.07, 6.45) is 7.41. The Labute approximate surface area is 101 Å². The first-order valence-electron chi connectivity index (χ1n) is 5.77. The minimum absolute atomic E-state index is 0.459. The van der Waals surface area contributed by atoms with Crippen molar-refractivity contribution in [3.05, 3.63) is 29.0 Å². The molecule has 1 aromatic rings. The molecule has 2 heterocycles. The minimum Gasteiger partial charge on any atom is -0.378 e. The molecule has 3 nitrogen and oxygen atoms in total. The molecular formula is C12H17ClN2O. The summed E-state index contributed by atoms with van der Waals surface area (Å²) in [7, 11) is 0. The molecule has 1 fully saturated rings. The molecule has 1 aliphatic heterocycles. The molecule has 1 atom stereocenters. The zero-order valence-corrected chi connectivity index (χ0v) is 10.0. The lowest BCUT2D eigenvalue weighted by Crippen LogP contribution is -2.20. The zero-order chi connectivity index (χ0) is 11.2. The van der Waals surface area contributed by atoms with Gasteiger partial charge in [0.2, 0.25) is 0 Å². The fraction of sp³-hybridized carbons (Fsp3) is 0.583. The van der Waals surface area contributed by atoms with Gasteiger partial charge < -0.3 is 10.1 Å². The molecule has 88 valence electrons. The summed E-state index contributed by atoms with van der Waals surface area (Å²) in [6.45, 7) is 2.71. The first-order valence-corrected chi connectivity index (χ1v) is 6.15. The predicted molar refractivity (Wildman–Crippen MR) is 64.5 cm³/mol. The topological polar surface area (TPSA) is 34.2 Å². The van der Waals surface area contributed by atoms with E-state index in [1.54, 1.807) is 12.4 Å². The molecule has 0 spiro atoms. The van der Waals surface area contributed by atoms with E-state index in [9.17, 15) is 0 Å². The summed E-state index contributed by atoms with van der Waals surface area (Å²) in [4.78, 5) is 3.96. The molecule has 0 aliphatic carbocycles. The number of aromatic nitrogens is 1. The number of hydrogen-bond acceptors (Lipinski definition) is 3. The molecule has 2 rings (SSSR count). The molecule has 0 amide bonds. The van der Waals surface area contributed by atoms with Gasteiger partial charge >= 0.3 is 0 Å². The third kappa shape index (κ3) is 3.44. The first-order chi connectivity index (χ1) is 7.86. The Balaban J connectivity index is 1.66. The minimum atomic E-state index is 0.459.